The number of hydrogen-bond acceptors (Lipinski definition) is 4. The van der Waals surface area contributed by atoms with Gasteiger partial charge in [0.05, 0.1) is 18.9 Å². The van der Waals surface area contributed by atoms with Crippen LogP contribution in [0.15, 0.2) is 18.5 Å². The lowest BCUT2D eigenvalue weighted by Crippen LogP contribution is -2.32. The number of methoxy groups -OCH3 is 1. The minimum atomic E-state index is -0.600. The van der Waals surface area contributed by atoms with Crippen LogP contribution >= 0.6 is 0 Å². The number of likely N-dealkylation sites (N-methyl/N-ethyl adjacent to an activating group) is 1. The Kier molecular flexibility index (Phi) is 3.93. The number of pyridine rings is 1. The van der Waals surface area contributed by atoms with E-state index in [1.807, 2.05) is 0 Å². The third-order valence-corrected chi connectivity index (χ3v) is 1.89. The van der Waals surface area contributed by atoms with Crippen LogP contribution in [0.25, 0.3) is 0 Å². The van der Waals surface area contributed by atoms with Gasteiger partial charge >= 0.3 is 5.97 Å². The van der Waals surface area contributed by atoms with Crippen LogP contribution in [-0.4, -0.2) is 42.5 Å². The van der Waals surface area contributed by atoms with Gasteiger partial charge in [-0.1, -0.05) is 0 Å². The van der Waals surface area contributed by atoms with Gasteiger partial charge < -0.3 is 9.64 Å². The second-order valence-corrected chi connectivity index (χ2v) is 3.13. The Morgan fingerprint density at radius 2 is 2.19 bits per heavy atom. The molecule has 6 heteroatoms. The van der Waals surface area contributed by atoms with Gasteiger partial charge in [0, 0.05) is 13.2 Å². The number of halogens is 1. The molecule has 1 heterocycles. The lowest BCUT2D eigenvalue weighted by Gasteiger charge is -2.15. The summed E-state index contributed by atoms with van der Waals surface area (Å²) in [7, 11) is 2.65. The molecule has 0 saturated heterocycles. The number of aromatic nitrogens is 1. The molecule has 16 heavy (non-hydrogen) atoms. The predicted octanol–water partition coefficient (Wildman–Crippen LogP) is 0.466. The summed E-state index contributed by atoms with van der Waals surface area (Å²) in [5, 5.41) is 0. The number of hydrogen-bond donors (Lipinski definition) is 0. The summed E-state index contributed by atoms with van der Waals surface area (Å²) in [5.41, 5.74) is 0.0893. The fraction of sp³-hybridized carbons (Fsp3) is 0.300. The van der Waals surface area contributed by atoms with Crippen LogP contribution in [0.1, 0.15) is 10.4 Å². The average molecular weight is 226 g/mol. The van der Waals surface area contributed by atoms with Crippen molar-refractivity contribution in [2.24, 2.45) is 0 Å². The Hall–Kier alpha value is -1.98. The van der Waals surface area contributed by atoms with E-state index in [1.54, 1.807) is 0 Å². The summed E-state index contributed by atoms with van der Waals surface area (Å²) in [6.45, 7) is -0.189. The number of carbonyl (C=O) groups excluding carboxylic acids is 2. The number of ether oxygens (including phenoxy) is 1. The van der Waals surface area contributed by atoms with Crippen molar-refractivity contribution in [3.8, 4) is 0 Å². The van der Waals surface area contributed by atoms with Gasteiger partial charge in [0.25, 0.3) is 5.91 Å². The number of rotatable bonds is 3. The molecule has 0 aliphatic carbocycles. The first-order valence-electron chi connectivity index (χ1n) is 4.47. The largest absolute Gasteiger partial charge is 0.468 e. The van der Waals surface area contributed by atoms with E-state index in [9.17, 15) is 14.0 Å². The minimum absolute atomic E-state index is 0.0893. The molecule has 0 aliphatic rings. The predicted molar refractivity (Wildman–Crippen MR) is 53.2 cm³/mol. The third-order valence-electron chi connectivity index (χ3n) is 1.89. The molecule has 0 aliphatic heterocycles. The highest BCUT2D eigenvalue weighted by Crippen LogP contribution is 2.04. The second-order valence-electron chi connectivity index (χ2n) is 3.13. The van der Waals surface area contributed by atoms with Gasteiger partial charge in [-0.25, -0.2) is 4.39 Å². The maximum absolute atomic E-state index is 12.8. The maximum atomic E-state index is 12.8. The average Bonchev–Trinajstić information content (AvgIpc) is 2.27. The van der Waals surface area contributed by atoms with Crippen molar-refractivity contribution in [3.05, 3.63) is 29.8 Å². The molecule has 0 spiro atoms. The molecular formula is C10H11FN2O3. The van der Waals surface area contributed by atoms with Crippen molar-refractivity contribution in [1.29, 1.82) is 0 Å². The molecule has 0 aromatic carbocycles. The van der Waals surface area contributed by atoms with Crippen molar-refractivity contribution in [1.82, 2.24) is 9.88 Å². The van der Waals surface area contributed by atoms with Gasteiger partial charge in [0.1, 0.15) is 12.4 Å². The van der Waals surface area contributed by atoms with Crippen LogP contribution in [0.5, 0.6) is 0 Å². The first-order valence-corrected chi connectivity index (χ1v) is 4.47. The molecule has 1 aromatic rings. The summed E-state index contributed by atoms with van der Waals surface area (Å²) in [4.78, 5) is 27.3. The van der Waals surface area contributed by atoms with Crippen molar-refractivity contribution >= 4 is 11.9 Å². The molecule has 1 rings (SSSR count). The van der Waals surface area contributed by atoms with Gasteiger partial charge in [0.15, 0.2) is 0 Å². The normalized spacial score (nSPS) is 9.69. The summed E-state index contributed by atoms with van der Waals surface area (Å²) in [6.07, 6.45) is 2.23. The Bertz CT molecular complexity index is 409. The SMILES string of the molecule is COC(=O)CN(C)C(=O)c1cncc(F)c1. The summed E-state index contributed by atoms with van der Waals surface area (Å²) in [5.74, 6) is -1.63. The zero-order chi connectivity index (χ0) is 12.1. The molecule has 5 nitrogen and oxygen atoms in total. The highest BCUT2D eigenvalue weighted by Gasteiger charge is 2.15. The lowest BCUT2D eigenvalue weighted by molar-refractivity contribution is -0.141. The molecule has 1 amide bonds. The molecule has 0 unspecified atom stereocenters. The van der Waals surface area contributed by atoms with E-state index < -0.39 is 17.7 Å². The third kappa shape index (κ3) is 3.01. The topological polar surface area (TPSA) is 59.5 Å². The standard InChI is InChI=1S/C10H11FN2O3/c1-13(6-9(14)16-2)10(15)7-3-8(11)5-12-4-7/h3-5H,6H2,1-2H3. The van der Waals surface area contributed by atoms with Crippen LogP contribution in [0.3, 0.4) is 0 Å². The van der Waals surface area contributed by atoms with E-state index in [0.717, 1.165) is 17.2 Å². The molecule has 86 valence electrons. The smallest absolute Gasteiger partial charge is 0.325 e. The van der Waals surface area contributed by atoms with Crippen LogP contribution in [0, 0.1) is 5.82 Å². The monoisotopic (exact) mass is 226 g/mol. The van der Waals surface area contributed by atoms with E-state index in [2.05, 4.69) is 9.72 Å². The quantitative estimate of drug-likeness (QED) is 0.703. The molecule has 0 atom stereocenters. The molecular weight excluding hydrogens is 215 g/mol. The van der Waals surface area contributed by atoms with E-state index >= 15 is 0 Å². The van der Waals surface area contributed by atoms with Gasteiger partial charge in [-0.3, -0.25) is 14.6 Å². The number of nitrogens with zero attached hydrogens (tertiary/aromatic N) is 2. The molecule has 0 saturated carbocycles. The Morgan fingerprint density at radius 1 is 1.50 bits per heavy atom. The zero-order valence-corrected chi connectivity index (χ0v) is 8.94. The van der Waals surface area contributed by atoms with Gasteiger partial charge in [-0.05, 0) is 6.07 Å². The van der Waals surface area contributed by atoms with Crippen LogP contribution in [0.4, 0.5) is 4.39 Å². The van der Waals surface area contributed by atoms with Crippen molar-refractivity contribution < 1.29 is 18.7 Å². The van der Waals surface area contributed by atoms with E-state index in [1.165, 1.54) is 20.4 Å². The lowest BCUT2D eigenvalue weighted by atomic mass is 10.2. The first-order chi connectivity index (χ1) is 7.54. The van der Waals surface area contributed by atoms with E-state index in [0.29, 0.717) is 0 Å². The van der Waals surface area contributed by atoms with E-state index in [-0.39, 0.29) is 12.1 Å². The molecule has 0 fully saturated rings. The number of amides is 1. The van der Waals surface area contributed by atoms with Gasteiger partial charge in [-0.15, -0.1) is 0 Å². The van der Waals surface area contributed by atoms with Crippen LogP contribution in [0.2, 0.25) is 0 Å². The molecule has 0 radical (unpaired) electrons. The fourth-order valence-corrected chi connectivity index (χ4v) is 1.08. The minimum Gasteiger partial charge on any atom is -0.468 e. The summed E-state index contributed by atoms with van der Waals surface area (Å²) in [6, 6.07) is 1.06. The summed E-state index contributed by atoms with van der Waals surface area (Å²) < 4.78 is 17.2. The Balaban J connectivity index is 2.74. The Morgan fingerprint density at radius 3 is 2.75 bits per heavy atom. The van der Waals surface area contributed by atoms with Crippen molar-refractivity contribution in [3.63, 3.8) is 0 Å². The molecule has 0 bridgehead atoms. The van der Waals surface area contributed by atoms with Gasteiger partial charge in [0.2, 0.25) is 0 Å². The summed E-state index contributed by atoms with van der Waals surface area (Å²) >= 11 is 0. The number of carbonyl (C=O) groups is 2. The Labute approximate surface area is 91.8 Å². The number of esters is 1. The van der Waals surface area contributed by atoms with Crippen LogP contribution in [-0.2, 0) is 9.53 Å². The van der Waals surface area contributed by atoms with Crippen molar-refractivity contribution in [2.45, 2.75) is 0 Å². The fourth-order valence-electron chi connectivity index (χ4n) is 1.08. The van der Waals surface area contributed by atoms with Crippen LogP contribution < -0.4 is 0 Å². The maximum Gasteiger partial charge on any atom is 0.325 e. The first kappa shape index (κ1) is 12.1. The second kappa shape index (κ2) is 5.20. The van der Waals surface area contributed by atoms with Gasteiger partial charge in [-0.2, -0.15) is 0 Å². The molecule has 1 aromatic heterocycles. The van der Waals surface area contributed by atoms with Crippen molar-refractivity contribution in [2.75, 3.05) is 20.7 Å². The van der Waals surface area contributed by atoms with E-state index in [4.69, 9.17) is 0 Å². The molecule has 0 N–H and O–H groups in total. The zero-order valence-electron chi connectivity index (χ0n) is 8.94. The highest BCUT2D eigenvalue weighted by atomic mass is 19.1. The highest BCUT2D eigenvalue weighted by molar-refractivity contribution is 5.95.